The van der Waals surface area contributed by atoms with Gasteiger partial charge >= 0.3 is 6.36 Å². The second kappa shape index (κ2) is 6.75. The Bertz CT molecular complexity index is 515. The fourth-order valence-electron chi connectivity index (χ4n) is 1.72. The number of benzene rings is 1. The quantitative estimate of drug-likeness (QED) is 0.818. The monoisotopic (exact) mass is 320 g/mol. The Morgan fingerprint density at radius 1 is 1.29 bits per heavy atom. The lowest BCUT2D eigenvalue weighted by atomic mass is 9.95. The predicted octanol–water partition coefficient (Wildman–Crippen LogP) is 3.08. The molecule has 0 aliphatic rings. The SMILES string of the molecule is CC(C)C(C(=O)Nc1ccc(OC(F)(F)F)cc1)C(N)=S. The van der Waals surface area contributed by atoms with Crippen LogP contribution in [0.15, 0.2) is 24.3 Å². The molecule has 0 saturated carbocycles. The standard InChI is InChI=1S/C13H15F3N2O2S/c1-7(2)10(11(17)21)12(19)18-8-3-5-9(6-4-8)20-13(14,15)16/h3-7,10H,1-2H3,(H2,17,21)(H,18,19). The van der Waals surface area contributed by atoms with Crippen LogP contribution in [0.3, 0.4) is 0 Å². The van der Waals surface area contributed by atoms with Crippen LogP contribution in [0.2, 0.25) is 0 Å². The summed E-state index contributed by atoms with van der Waals surface area (Å²) in [5.74, 6) is -1.50. The van der Waals surface area contributed by atoms with Gasteiger partial charge < -0.3 is 15.8 Å². The molecule has 0 saturated heterocycles. The zero-order valence-corrected chi connectivity index (χ0v) is 12.2. The maximum atomic E-state index is 12.0. The molecule has 8 heteroatoms. The van der Waals surface area contributed by atoms with E-state index in [-0.39, 0.29) is 16.7 Å². The largest absolute Gasteiger partial charge is 0.573 e. The van der Waals surface area contributed by atoms with Crippen LogP contribution >= 0.6 is 12.2 Å². The number of ether oxygens (including phenoxy) is 1. The topological polar surface area (TPSA) is 64.3 Å². The molecule has 21 heavy (non-hydrogen) atoms. The highest BCUT2D eigenvalue weighted by Crippen LogP contribution is 2.24. The highest BCUT2D eigenvalue weighted by Gasteiger charge is 2.31. The Morgan fingerprint density at radius 2 is 1.81 bits per heavy atom. The molecule has 0 bridgehead atoms. The summed E-state index contributed by atoms with van der Waals surface area (Å²) in [6, 6.07) is 4.81. The number of hydrogen-bond donors (Lipinski definition) is 2. The molecule has 1 atom stereocenters. The number of halogens is 3. The first kappa shape index (κ1) is 17.2. The van der Waals surface area contributed by atoms with E-state index in [9.17, 15) is 18.0 Å². The Kier molecular flexibility index (Phi) is 5.54. The van der Waals surface area contributed by atoms with E-state index in [1.807, 2.05) is 0 Å². The zero-order chi connectivity index (χ0) is 16.2. The Balaban J connectivity index is 2.75. The van der Waals surface area contributed by atoms with Gasteiger partial charge in [0.05, 0.1) is 10.9 Å². The van der Waals surface area contributed by atoms with Crippen molar-refractivity contribution in [3.8, 4) is 5.75 Å². The lowest BCUT2D eigenvalue weighted by molar-refractivity contribution is -0.274. The van der Waals surface area contributed by atoms with Crippen LogP contribution in [-0.2, 0) is 4.79 Å². The van der Waals surface area contributed by atoms with Crippen LogP contribution in [0.1, 0.15) is 13.8 Å². The fraction of sp³-hybridized carbons (Fsp3) is 0.385. The number of nitrogens with one attached hydrogen (secondary N) is 1. The van der Waals surface area contributed by atoms with Gasteiger partial charge in [-0.1, -0.05) is 26.1 Å². The molecule has 0 aliphatic carbocycles. The van der Waals surface area contributed by atoms with E-state index in [4.69, 9.17) is 18.0 Å². The molecule has 3 N–H and O–H groups in total. The van der Waals surface area contributed by atoms with Gasteiger partial charge in [0.15, 0.2) is 0 Å². The molecule has 1 aromatic carbocycles. The molecule has 116 valence electrons. The van der Waals surface area contributed by atoms with Crippen LogP contribution in [-0.4, -0.2) is 17.3 Å². The van der Waals surface area contributed by atoms with Crippen molar-refractivity contribution in [2.24, 2.45) is 17.6 Å². The number of rotatable bonds is 5. The van der Waals surface area contributed by atoms with Crippen molar-refractivity contribution in [1.82, 2.24) is 0 Å². The molecule has 0 aliphatic heterocycles. The second-order valence-corrected chi connectivity index (χ2v) is 5.16. The molecule has 0 aromatic heterocycles. The van der Waals surface area contributed by atoms with Crippen LogP contribution in [0.25, 0.3) is 0 Å². The smallest absolute Gasteiger partial charge is 0.406 e. The minimum atomic E-state index is -4.75. The van der Waals surface area contributed by atoms with Gasteiger partial charge in [-0.3, -0.25) is 4.79 Å². The Morgan fingerprint density at radius 3 is 2.19 bits per heavy atom. The van der Waals surface area contributed by atoms with Crippen molar-refractivity contribution < 1.29 is 22.7 Å². The molecule has 1 aromatic rings. The van der Waals surface area contributed by atoms with Crippen molar-refractivity contribution in [1.29, 1.82) is 0 Å². The van der Waals surface area contributed by atoms with Crippen LogP contribution in [0.4, 0.5) is 18.9 Å². The number of hydrogen-bond acceptors (Lipinski definition) is 3. The summed E-state index contributed by atoms with van der Waals surface area (Å²) in [6.07, 6.45) is -4.75. The maximum Gasteiger partial charge on any atom is 0.573 e. The number of carbonyl (C=O) groups is 1. The van der Waals surface area contributed by atoms with E-state index in [0.29, 0.717) is 5.69 Å². The third-order valence-corrected chi connectivity index (χ3v) is 2.87. The third kappa shape index (κ3) is 5.58. The first-order valence-electron chi connectivity index (χ1n) is 6.06. The summed E-state index contributed by atoms with van der Waals surface area (Å²) in [4.78, 5) is 12.1. The molecular formula is C13H15F3N2O2S. The van der Waals surface area contributed by atoms with Crippen molar-refractivity contribution >= 4 is 28.8 Å². The summed E-state index contributed by atoms with van der Waals surface area (Å²) < 4.78 is 39.8. The van der Waals surface area contributed by atoms with E-state index in [1.165, 1.54) is 12.1 Å². The van der Waals surface area contributed by atoms with E-state index in [0.717, 1.165) is 12.1 Å². The first-order chi connectivity index (χ1) is 9.60. The Hall–Kier alpha value is -1.83. The van der Waals surface area contributed by atoms with E-state index < -0.39 is 18.2 Å². The Labute approximate surface area is 125 Å². The maximum absolute atomic E-state index is 12.0. The minimum Gasteiger partial charge on any atom is -0.406 e. The molecule has 0 radical (unpaired) electrons. The normalized spacial score (nSPS) is 12.9. The number of anilines is 1. The van der Waals surface area contributed by atoms with E-state index in [2.05, 4.69) is 10.1 Å². The van der Waals surface area contributed by atoms with Gasteiger partial charge in [0.25, 0.3) is 0 Å². The van der Waals surface area contributed by atoms with Crippen molar-refractivity contribution in [2.75, 3.05) is 5.32 Å². The molecule has 0 fully saturated rings. The van der Waals surface area contributed by atoms with Gasteiger partial charge in [-0.15, -0.1) is 13.2 Å². The van der Waals surface area contributed by atoms with Crippen LogP contribution < -0.4 is 15.8 Å². The molecule has 1 amide bonds. The summed E-state index contributed by atoms with van der Waals surface area (Å²) >= 11 is 4.84. The lowest BCUT2D eigenvalue weighted by Crippen LogP contribution is -2.36. The van der Waals surface area contributed by atoms with Crippen LogP contribution in [0, 0.1) is 11.8 Å². The highest BCUT2D eigenvalue weighted by atomic mass is 32.1. The highest BCUT2D eigenvalue weighted by molar-refractivity contribution is 7.80. The average molecular weight is 320 g/mol. The van der Waals surface area contributed by atoms with Gasteiger partial charge in [0, 0.05) is 5.69 Å². The molecule has 1 rings (SSSR count). The number of alkyl halides is 3. The number of amides is 1. The number of nitrogens with two attached hydrogens (primary N) is 1. The van der Waals surface area contributed by atoms with E-state index in [1.54, 1.807) is 13.8 Å². The minimum absolute atomic E-state index is 0.0690. The van der Waals surface area contributed by atoms with Crippen molar-refractivity contribution in [3.05, 3.63) is 24.3 Å². The average Bonchev–Trinajstić information content (AvgIpc) is 2.28. The first-order valence-corrected chi connectivity index (χ1v) is 6.47. The molecule has 0 spiro atoms. The lowest BCUT2D eigenvalue weighted by Gasteiger charge is -2.19. The predicted molar refractivity (Wildman–Crippen MR) is 76.9 cm³/mol. The third-order valence-electron chi connectivity index (χ3n) is 2.61. The molecule has 1 unspecified atom stereocenters. The summed E-state index contributed by atoms with van der Waals surface area (Å²) in [5, 5.41) is 2.55. The van der Waals surface area contributed by atoms with Gasteiger partial charge in [0.1, 0.15) is 5.75 Å². The van der Waals surface area contributed by atoms with Crippen LogP contribution in [0.5, 0.6) is 5.75 Å². The fourth-order valence-corrected chi connectivity index (χ4v) is 2.10. The summed E-state index contributed by atoms with van der Waals surface area (Å²) in [7, 11) is 0. The summed E-state index contributed by atoms with van der Waals surface area (Å²) in [6.45, 7) is 3.59. The molecular weight excluding hydrogens is 305 g/mol. The number of carbonyl (C=O) groups excluding carboxylic acids is 1. The number of thiocarbonyl (C=S) groups is 1. The molecule has 0 heterocycles. The zero-order valence-electron chi connectivity index (χ0n) is 11.4. The van der Waals surface area contributed by atoms with Gasteiger partial charge in [-0.25, -0.2) is 0 Å². The van der Waals surface area contributed by atoms with Crippen molar-refractivity contribution in [2.45, 2.75) is 20.2 Å². The second-order valence-electron chi connectivity index (χ2n) is 4.69. The molecule has 4 nitrogen and oxygen atoms in total. The van der Waals surface area contributed by atoms with Crippen molar-refractivity contribution in [3.63, 3.8) is 0 Å². The van der Waals surface area contributed by atoms with E-state index >= 15 is 0 Å². The van der Waals surface area contributed by atoms with Gasteiger partial charge in [0.2, 0.25) is 5.91 Å². The summed E-state index contributed by atoms with van der Waals surface area (Å²) in [5.41, 5.74) is 5.84. The van der Waals surface area contributed by atoms with Gasteiger partial charge in [-0.05, 0) is 30.2 Å². The van der Waals surface area contributed by atoms with Gasteiger partial charge in [-0.2, -0.15) is 0 Å².